The third kappa shape index (κ3) is 3.44. The fraction of sp³-hybridized carbons (Fsp3) is 0.400. The summed E-state index contributed by atoms with van der Waals surface area (Å²) in [6, 6.07) is 3.74. The molecule has 0 aliphatic carbocycles. The van der Waals surface area contributed by atoms with Crippen LogP contribution in [0.15, 0.2) is 22.9 Å². The molecule has 8 heteroatoms. The monoisotopic (exact) mass is 337 g/mol. The Hall–Kier alpha value is -2.15. The van der Waals surface area contributed by atoms with Crippen LogP contribution >= 0.6 is 11.6 Å². The average molecular weight is 338 g/mol. The molecule has 0 saturated carbocycles. The minimum Gasteiger partial charge on any atom is -0.364 e. The second kappa shape index (κ2) is 6.54. The predicted molar refractivity (Wildman–Crippen MR) is 85.5 cm³/mol. The van der Waals surface area contributed by atoms with Gasteiger partial charge in [0, 0.05) is 11.8 Å². The summed E-state index contributed by atoms with van der Waals surface area (Å²) in [6.45, 7) is 3.96. The molecule has 3 rings (SSSR count). The second-order valence-electron chi connectivity index (χ2n) is 5.45. The van der Waals surface area contributed by atoms with Gasteiger partial charge in [-0.25, -0.2) is 8.91 Å². The summed E-state index contributed by atoms with van der Waals surface area (Å²) in [5.41, 5.74) is 3.54. The number of aromatic nitrogens is 4. The van der Waals surface area contributed by atoms with E-state index in [1.807, 2.05) is 13.0 Å². The van der Waals surface area contributed by atoms with Crippen LogP contribution in [0, 0.1) is 6.92 Å². The smallest absolute Gasteiger partial charge is 0.243 e. The molecule has 0 aromatic carbocycles. The fourth-order valence-electron chi connectivity index (χ4n) is 2.44. The van der Waals surface area contributed by atoms with E-state index < -0.39 is 6.17 Å². The highest BCUT2D eigenvalue weighted by Gasteiger charge is 2.14. The summed E-state index contributed by atoms with van der Waals surface area (Å²) in [7, 11) is 0. The van der Waals surface area contributed by atoms with E-state index in [1.165, 1.54) is 6.26 Å². The summed E-state index contributed by atoms with van der Waals surface area (Å²) >= 11 is 6.02. The van der Waals surface area contributed by atoms with Crippen LogP contribution in [0.3, 0.4) is 0 Å². The van der Waals surface area contributed by atoms with Gasteiger partial charge in [0.1, 0.15) is 17.5 Å². The number of hydrogen-bond acceptors (Lipinski definition) is 5. The lowest BCUT2D eigenvalue weighted by Crippen LogP contribution is -2.06. The van der Waals surface area contributed by atoms with Gasteiger partial charge in [0.2, 0.25) is 5.28 Å². The molecule has 3 aromatic rings. The highest BCUT2D eigenvalue weighted by Crippen LogP contribution is 2.24. The van der Waals surface area contributed by atoms with Crippen molar-refractivity contribution in [3.8, 4) is 0 Å². The summed E-state index contributed by atoms with van der Waals surface area (Å²) in [6.07, 6.45) is 1.79. The lowest BCUT2D eigenvalue weighted by Gasteiger charge is -2.06. The number of fused-ring (bicyclic) bond motifs is 1. The van der Waals surface area contributed by atoms with E-state index in [0.717, 1.165) is 22.5 Å². The van der Waals surface area contributed by atoms with E-state index in [2.05, 4.69) is 20.6 Å². The van der Waals surface area contributed by atoms with Crippen molar-refractivity contribution in [1.82, 2.24) is 19.8 Å². The average Bonchev–Trinajstić information content (AvgIpc) is 3.12. The molecule has 0 saturated heterocycles. The van der Waals surface area contributed by atoms with Gasteiger partial charge in [-0.3, -0.25) is 0 Å². The summed E-state index contributed by atoms with van der Waals surface area (Å²) in [5.74, 6) is 0.607. The van der Waals surface area contributed by atoms with Crippen LogP contribution in [0.1, 0.15) is 30.3 Å². The minimum atomic E-state index is -0.836. The molecule has 0 spiro atoms. The van der Waals surface area contributed by atoms with E-state index in [-0.39, 0.29) is 5.28 Å². The molecule has 1 unspecified atom stereocenters. The molecule has 122 valence electrons. The first-order chi connectivity index (χ1) is 11.0. The molecule has 3 aromatic heterocycles. The molecule has 0 aliphatic rings. The van der Waals surface area contributed by atoms with Crippen LogP contribution in [-0.4, -0.2) is 25.9 Å². The maximum absolute atomic E-state index is 13.1. The van der Waals surface area contributed by atoms with E-state index >= 15 is 0 Å². The molecule has 0 bridgehead atoms. The van der Waals surface area contributed by atoms with Crippen molar-refractivity contribution in [1.29, 1.82) is 0 Å². The van der Waals surface area contributed by atoms with Crippen molar-refractivity contribution in [3.63, 3.8) is 0 Å². The van der Waals surface area contributed by atoms with Crippen LogP contribution < -0.4 is 5.32 Å². The van der Waals surface area contributed by atoms with E-state index in [1.54, 1.807) is 17.5 Å². The minimum absolute atomic E-state index is 0.143. The summed E-state index contributed by atoms with van der Waals surface area (Å²) < 4.78 is 19.6. The standard InChI is InChI=1S/C15H17ClFN5O/c1-9(17)3-4-11-7-13-14(18-8-12-5-6-23-21-12)19-15(16)20-22(13)10(11)2/h5-7,9H,3-4,8H2,1-2H3,(H,18,19,20). The summed E-state index contributed by atoms with van der Waals surface area (Å²) in [5, 5.41) is 11.4. The number of nitrogens with zero attached hydrogens (tertiary/aromatic N) is 4. The van der Waals surface area contributed by atoms with Crippen molar-refractivity contribution >= 4 is 22.9 Å². The summed E-state index contributed by atoms with van der Waals surface area (Å²) in [4.78, 5) is 4.24. The third-order valence-electron chi connectivity index (χ3n) is 3.69. The van der Waals surface area contributed by atoms with Crippen molar-refractivity contribution in [2.75, 3.05) is 5.32 Å². The largest absolute Gasteiger partial charge is 0.364 e. The number of rotatable bonds is 6. The molecule has 23 heavy (non-hydrogen) atoms. The van der Waals surface area contributed by atoms with E-state index in [4.69, 9.17) is 16.1 Å². The molecule has 0 fully saturated rings. The van der Waals surface area contributed by atoms with Gasteiger partial charge in [-0.05, 0) is 49.9 Å². The Labute approximate surface area is 137 Å². The molecular formula is C15H17ClFN5O. The highest BCUT2D eigenvalue weighted by atomic mass is 35.5. The Morgan fingerprint density at radius 3 is 3.00 bits per heavy atom. The zero-order chi connectivity index (χ0) is 16.4. The molecule has 0 amide bonds. The van der Waals surface area contributed by atoms with Crippen LogP contribution in [0.2, 0.25) is 5.28 Å². The Morgan fingerprint density at radius 2 is 2.30 bits per heavy atom. The highest BCUT2D eigenvalue weighted by molar-refractivity contribution is 6.28. The molecule has 6 nitrogen and oxygen atoms in total. The maximum Gasteiger partial charge on any atom is 0.243 e. The Bertz CT molecular complexity index is 800. The molecule has 0 radical (unpaired) electrons. The van der Waals surface area contributed by atoms with Crippen molar-refractivity contribution in [2.45, 2.75) is 39.4 Å². The molecule has 3 heterocycles. The first kappa shape index (κ1) is 15.7. The van der Waals surface area contributed by atoms with Gasteiger partial charge in [-0.1, -0.05) is 5.16 Å². The predicted octanol–water partition coefficient (Wildman–Crippen LogP) is 3.58. The Kier molecular flexibility index (Phi) is 4.47. The van der Waals surface area contributed by atoms with Crippen LogP contribution in [0.25, 0.3) is 5.52 Å². The topological polar surface area (TPSA) is 68.2 Å². The first-order valence-corrected chi connectivity index (χ1v) is 7.74. The SMILES string of the molecule is Cc1c(CCC(C)F)cc2c(NCc3ccon3)nc(Cl)nn12. The number of nitrogens with one attached hydrogen (secondary N) is 1. The van der Waals surface area contributed by atoms with Crippen LogP contribution in [0.5, 0.6) is 0 Å². The van der Waals surface area contributed by atoms with Gasteiger partial charge in [-0.15, -0.1) is 5.10 Å². The van der Waals surface area contributed by atoms with Gasteiger partial charge < -0.3 is 9.84 Å². The molecule has 0 aliphatic heterocycles. The van der Waals surface area contributed by atoms with Gasteiger partial charge in [0.15, 0.2) is 5.82 Å². The molecule has 1 N–H and O–H groups in total. The number of alkyl halides is 1. The maximum atomic E-state index is 13.1. The van der Waals surface area contributed by atoms with Gasteiger partial charge in [-0.2, -0.15) is 4.98 Å². The van der Waals surface area contributed by atoms with Crippen molar-refractivity contribution in [3.05, 3.63) is 40.6 Å². The fourth-order valence-corrected chi connectivity index (χ4v) is 2.60. The zero-order valence-electron chi connectivity index (χ0n) is 12.9. The van der Waals surface area contributed by atoms with Crippen LogP contribution in [-0.2, 0) is 13.0 Å². The van der Waals surface area contributed by atoms with Gasteiger partial charge in [0.25, 0.3) is 0 Å². The third-order valence-corrected chi connectivity index (χ3v) is 3.85. The van der Waals surface area contributed by atoms with Crippen LogP contribution in [0.4, 0.5) is 10.2 Å². The Balaban J connectivity index is 1.92. The lowest BCUT2D eigenvalue weighted by molar-refractivity contribution is 0.341. The zero-order valence-corrected chi connectivity index (χ0v) is 13.6. The van der Waals surface area contributed by atoms with E-state index in [0.29, 0.717) is 25.2 Å². The lowest BCUT2D eigenvalue weighted by atomic mass is 10.1. The number of hydrogen-bond donors (Lipinski definition) is 1. The molecule has 1 atom stereocenters. The van der Waals surface area contributed by atoms with Crippen molar-refractivity contribution in [2.24, 2.45) is 0 Å². The van der Waals surface area contributed by atoms with Crippen molar-refractivity contribution < 1.29 is 8.91 Å². The number of halogens is 2. The van der Waals surface area contributed by atoms with Gasteiger partial charge in [0.05, 0.1) is 12.7 Å². The van der Waals surface area contributed by atoms with E-state index in [9.17, 15) is 4.39 Å². The Morgan fingerprint density at radius 1 is 1.48 bits per heavy atom. The second-order valence-corrected chi connectivity index (χ2v) is 5.78. The number of anilines is 1. The normalized spacial score (nSPS) is 12.7. The molecular weight excluding hydrogens is 321 g/mol. The first-order valence-electron chi connectivity index (χ1n) is 7.36. The quantitative estimate of drug-likeness (QED) is 0.744. The van der Waals surface area contributed by atoms with Gasteiger partial charge >= 0.3 is 0 Å². The number of aryl methyl sites for hydroxylation is 2.